The van der Waals surface area contributed by atoms with Crippen LogP contribution < -0.4 is 0 Å². The van der Waals surface area contributed by atoms with Crippen molar-refractivity contribution in [1.82, 2.24) is 0 Å². The zero-order valence-corrected chi connectivity index (χ0v) is 5.29. The highest BCUT2D eigenvalue weighted by Crippen LogP contribution is 2.02. The number of carbonyl (C=O) groups excluding carboxylic acids is 1. The third-order valence-corrected chi connectivity index (χ3v) is 1.27. The molecule has 0 amide bonds. The molecule has 0 saturated heterocycles. The zero-order valence-electron chi connectivity index (χ0n) is 5.29. The fourth-order valence-electron chi connectivity index (χ4n) is 0.551. The van der Waals surface area contributed by atoms with E-state index in [4.69, 9.17) is 5.11 Å². The molecule has 48 valence electrons. The minimum absolute atomic E-state index is 0.171. The SMILES string of the molecule is CC[C@@H](C=O)C(C)O. The largest absolute Gasteiger partial charge is 0.393 e. The molecule has 0 aromatic carbocycles. The molecule has 0 aliphatic heterocycles. The van der Waals surface area contributed by atoms with E-state index >= 15 is 0 Å². The molecular formula is C6H12O2. The van der Waals surface area contributed by atoms with Crippen molar-refractivity contribution in [3.63, 3.8) is 0 Å². The average molecular weight is 116 g/mol. The first-order valence-electron chi connectivity index (χ1n) is 2.85. The molecule has 0 fully saturated rings. The molecule has 0 aliphatic carbocycles. The summed E-state index contributed by atoms with van der Waals surface area (Å²) in [6, 6.07) is 0. The van der Waals surface area contributed by atoms with E-state index in [0.29, 0.717) is 0 Å². The maximum absolute atomic E-state index is 10.0. The number of carbonyl (C=O) groups is 1. The number of aliphatic hydroxyl groups is 1. The van der Waals surface area contributed by atoms with E-state index in [1.807, 2.05) is 6.92 Å². The van der Waals surface area contributed by atoms with Gasteiger partial charge in [0, 0.05) is 5.92 Å². The third-order valence-electron chi connectivity index (χ3n) is 1.27. The normalized spacial score (nSPS) is 17.4. The van der Waals surface area contributed by atoms with Crippen molar-refractivity contribution in [2.24, 2.45) is 5.92 Å². The highest BCUT2D eigenvalue weighted by Gasteiger charge is 2.09. The van der Waals surface area contributed by atoms with Crippen molar-refractivity contribution in [3.8, 4) is 0 Å². The molecule has 0 aromatic heterocycles. The van der Waals surface area contributed by atoms with Crippen LogP contribution in [0.15, 0.2) is 0 Å². The molecular weight excluding hydrogens is 104 g/mol. The Balaban J connectivity index is 3.51. The molecule has 0 aromatic rings. The summed E-state index contributed by atoms with van der Waals surface area (Å²) in [4.78, 5) is 10.0. The molecule has 0 radical (unpaired) electrons. The Kier molecular flexibility index (Phi) is 3.44. The smallest absolute Gasteiger partial charge is 0.125 e. The lowest BCUT2D eigenvalue weighted by Crippen LogP contribution is -2.16. The maximum Gasteiger partial charge on any atom is 0.125 e. The molecule has 0 spiro atoms. The van der Waals surface area contributed by atoms with Crippen LogP contribution in [-0.4, -0.2) is 17.5 Å². The number of aldehydes is 1. The second-order valence-electron chi connectivity index (χ2n) is 1.95. The molecule has 2 nitrogen and oxygen atoms in total. The first-order chi connectivity index (χ1) is 3.72. The van der Waals surface area contributed by atoms with E-state index in [9.17, 15) is 4.79 Å². The Morgan fingerprint density at radius 1 is 1.75 bits per heavy atom. The van der Waals surface area contributed by atoms with Crippen molar-refractivity contribution >= 4 is 6.29 Å². The van der Waals surface area contributed by atoms with Crippen LogP contribution in [0.2, 0.25) is 0 Å². The highest BCUT2D eigenvalue weighted by atomic mass is 16.3. The van der Waals surface area contributed by atoms with Gasteiger partial charge in [-0.2, -0.15) is 0 Å². The topological polar surface area (TPSA) is 37.3 Å². The summed E-state index contributed by atoms with van der Waals surface area (Å²) in [7, 11) is 0. The fraction of sp³-hybridized carbons (Fsp3) is 0.833. The Labute approximate surface area is 49.5 Å². The molecule has 0 rings (SSSR count). The summed E-state index contributed by atoms with van der Waals surface area (Å²) in [6.45, 7) is 3.51. The minimum atomic E-state index is -0.488. The average Bonchev–Trinajstić information content (AvgIpc) is 1.69. The lowest BCUT2D eigenvalue weighted by molar-refractivity contribution is -0.113. The maximum atomic E-state index is 10.0. The van der Waals surface area contributed by atoms with Gasteiger partial charge in [0.2, 0.25) is 0 Å². The van der Waals surface area contributed by atoms with Gasteiger partial charge in [0.15, 0.2) is 0 Å². The van der Waals surface area contributed by atoms with Gasteiger partial charge in [-0.3, -0.25) is 0 Å². The van der Waals surface area contributed by atoms with Crippen LogP contribution in [0.4, 0.5) is 0 Å². The lowest BCUT2D eigenvalue weighted by Gasteiger charge is -2.08. The predicted molar refractivity (Wildman–Crippen MR) is 31.5 cm³/mol. The summed E-state index contributed by atoms with van der Waals surface area (Å²) in [5.41, 5.74) is 0. The monoisotopic (exact) mass is 116 g/mol. The first-order valence-corrected chi connectivity index (χ1v) is 2.85. The van der Waals surface area contributed by atoms with E-state index in [-0.39, 0.29) is 5.92 Å². The Morgan fingerprint density at radius 2 is 2.25 bits per heavy atom. The quantitative estimate of drug-likeness (QED) is 0.548. The van der Waals surface area contributed by atoms with Gasteiger partial charge < -0.3 is 9.90 Å². The van der Waals surface area contributed by atoms with Gasteiger partial charge in [0.1, 0.15) is 6.29 Å². The molecule has 1 N–H and O–H groups in total. The number of hydrogen-bond acceptors (Lipinski definition) is 2. The molecule has 8 heavy (non-hydrogen) atoms. The third kappa shape index (κ3) is 2.07. The van der Waals surface area contributed by atoms with Crippen molar-refractivity contribution in [3.05, 3.63) is 0 Å². The number of rotatable bonds is 3. The second-order valence-corrected chi connectivity index (χ2v) is 1.95. The van der Waals surface area contributed by atoms with Crippen LogP contribution in [-0.2, 0) is 4.79 Å². The van der Waals surface area contributed by atoms with E-state index in [2.05, 4.69) is 0 Å². The van der Waals surface area contributed by atoms with Gasteiger partial charge in [-0.25, -0.2) is 0 Å². The number of hydrogen-bond donors (Lipinski definition) is 1. The molecule has 0 bridgehead atoms. The summed E-state index contributed by atoms with van der Waals surface area (Å²) < 4.78 is 0. The molecule has 0 saturated carbocycles. The van der Waals surface area contributed by atoms with Gasteiger partial charge in [-0.05, 0) is 13.3 Å². The van der Waals surface area contributed by atoms with Crippen molar-refractivity contribution < 1.29 is 9.90 Å². The second kappa shape index (κ2) is 3.61. The summed E-state index contributed by atoms with van der Waals surface area (Å²) in [5.74, 6) is -0.171. The summed E-state index contributed by atoms with van der Waals surface area (Å²) >= 11 is 0. The molecule has 0 heterocycles. The van der Waals surface area contributed by atoms with Crippen LogP contribution >= 0.6 is 0 Å². The molecule has 1 unspecified atom stereocenters. The number of aliphatic hydroxyl groups excluding tert-OH is 1. The van der Waals surface area contributed by atoms with Crippen LogP contribution in [0.25, 0.3) is 0 Å². The Bertz CT molecular complexity index is 68.9. The standard InChI is InChI=1S/C6H12O2/c1-3-6(4-7)5(2)8/h4-6,8H,3H2,1-2H3/t5?,6-/m0/s1. The van der Waals surface area contributed by atoms with Gasteiger partial charge in [0.05, 0.1) is 6.10 Å². The minimum Gasteiger partial charge on any atom is -0.393 e. The van der Waals surface area contributed by atoms with Crippen LogP contribution in [0.1, 0.15) is 20.3 Å². The molecule has 2 atom stereocenters. The van der Waals surface area contributed by atoms with Crippen molar-refractivity contribution in [1.29, 1.82) is 0 Å². The van der Waals surface area contributed by atoms with Crippen molar-refractivity contribution in [2.75, 3.05) is 0 Å². The zero-order chi connectivity index (χ0) is 6.57. The van der Waals surface area contributed by atoms with Gasteiger partial charge in [-0.15, -0.1) is 0 Å². The Hall–Kier alpha value is -0.370. The molecule has 0 aliphatic rings. The van der Waals surface area contributed by atoms with E-state index in [1.165, 1.54) is 0 Å². The van der Waals surface area contributed by atoms with Gasteiger partial charge in [0.25, 0.3) is 0 Å². The summed E-state index contributed by atoms with van der Waals surface area (Å²) in [5, 5.41) is 8.78. The van der Waals surface area contributed by atoms with E-state index in [0.717, 1.165) is 12.7 Å². The lowest BCUT2D eigenvalue weighted by atomic mass is 10.0. The van der Waals surface area contributed by atoms with Gasteiger partial charge in [-0.1, -0.05) is 6.92 Å². The Morgan fingerprint density at radius 3 is 2.25 bits per heavy atom. The van der Waals surface area contributed by atoms with E-state index < -0.39 is 6.10 Å². The van der Waals surface area contributed by atoms with Gasteiger partial charge >= 0.3 is 0 Å². The first kappa shape index (κ1) is 7.63. The summed E-state index contributed by atoms with van der Waals surface area (Å²) in [6.07, 6.45) is 1.03. The van der Waals surface area contributed by atoms with Crippen LogP contribution in [0, 0.1) is 5.92 Å². The van der Waals surface area contributed by atoms with Crippen LogP contribution in [0.5, 0.6) is 0 Å². The van der Waals surface area contributed by atoms with E-state index in [1.54, 1.807) is 6.92 Å². The predicted octanol–water partition coefficient (Wildman–Crippen LogP) is 0.592. The molecule has 2 heteroatoms. The fourth-order valence-corrected chi connectivity index (χ4v) is 0.551. The van der Waals surface area contributed by atoms with Crippen molar-refractivity contribution in [2.45, 2.75) is 26.4 Å². The highest BCUT2D eigenvalue weighted by molar-refractivity contribution is 5.54. The van der Waals surface area contributed by atoms with Crippen LogP contribution in [0.3, 0.4) is 0 Å².